The summed E-state index contributed by atoms with van der Waals surface area (Å²) in [5, 5.41) is 7.27. The van der Waals surface area contributed by atoms with Crippen LogP contribution in [0.2, 0.25) is 0 Å². The van der Waals surface area contributed by atoms with Gasteiger partial charge in [0.2, 0.25) is 5.91 Å². The molecule has 0 saturated heterocycles. The highest BCUT2D eigenvalue weighted by molar-refractivity contribution is 5.83. The molecule has 3 aromatic rings. The van der Waals surface area contributed by atoms with Crippen molar-refractivity contribution < 1.29 is 9.53 Å². The SMILES string of the molecule is O=C(NC[C@@H]1Cc2ccccc2O1)[C@@H](c1ccccc1)n1cccn1. The molecule has 0 aliphatic carbocycles. The number of benzene rings is 2. The maximum Gasteiger partial charge on any atom is 0.249 e. The van der Waals surface area contributed by atoms with Crippen LogP contribution in [0.1, 0.15) is 17.2 Å². The van der Waals surface area contributed by atoms with E-state index in [0.717, 1.165) is 17.7 Å². The molecule has 1 aliphatic rings. The van der Waals surface area contributed by atoms with Gasteiger partial charge in [-0.2, -0.15) is 5.10 Å². The fourth-order valence-corrected chi connectivity index (χ4v) is 3.17. The molecule has 2 heterocycles. The third kappa shape index (κ3) is 3.26. The minimum Gasteiger partial charge on any atom is -0.488 e. The van der Waals surface area contributed by atoms with E-state index in [4.69, 9.17) is 4.74 Å². The average molecular weight is 333 g/mol. The molecule has 4 rings (SSSR count). The number of nitrogens with zero attached hydrogens (tertiary/aromatic N) is 2. The summed E-state index contributed by atoms with van der Waals surface area (Å²) in [6, 6.07) is 19.0. The molecule has 5 heteroatoms. The molecule has 2 aromatic carbocycles. The highest BCUT2D eigenvalue weighted by Crippen LogP contribution is 2.28. The van der Waals surface area contributed by atoms with Crippen molar-refractivity contribution in [1.82, 2.24) is 15.1 Å². The van der Waals surface area contributed by atoms with Crippen molar-refractivity contribution in [2.75, 3.05) is 6.54 Å². The summed E-state index contributed by atoms with van der Waals surface area (Å²) in [7, 11) is 0. The summed E-state index contributed by atoms with van der Waals surface area (Å²) in [6.45, 7) is 0.470. The molecule has 1 aliphatic heterocycles. The van der Waals surface area contributed by atoms with E-state index < -0.39 is 6.04 Å². The Morgan fingerprint density at radius 1 is 1.16 bits per heavy atom. The van der Waals surface area contributed by atoms with E-state index >= 15 is 0 Å². The lowest BCUT2D eigenvalue weighted by molar-refractivity contribution is -0.123. The molecule has 2 atom stereocenters. The monoisotopic (exact) mass is 333 g/mol. The van der Waals surface area contributed by atoms with E-state index in [-0.39, 0.29) is 12.0 Å². The molecule has 1 aromatic heterocycles. The van der Waals surface area contributed by atoms with Gasteiger partial charge in [-0.05, 0) is 23.3 Å². The van der Waals surface area contributed by atoms with E-state index in [1.165, 1.54) is 5.56 Å². The molecule has 5 nitrogen and oxygen atoms in total. The topological polar surface area (TPSA) is 56.1 Å². The first-order valence-corrected chi connectivity index (χ1v) is 8.37. The van der Waals surface area contributed by atoms with Crippen molar-refractivity contribution in [1.29, 1.82) is 0 Å². The Hall–Kier alpha value is -3.08. The second-order valence-corrected chi connectivity index (χ2v) is 6.10. The standard InChI is InChI=1S/C20H19N3O2/c24-20(21-14-17-13-16-9-4-5-10-18(16)25-17)19(23-12-6-11-22-23)15-7-2-1-3-8-15/h1-12,17,19H,13-14H2,(H,21,24)/t17-,19+/m0/s1. The number of nitrogens with one attached hydrogen (secondary N) is 1. The number of aromatic nitrogens is 2. The van der Waals surface area contributed by atoms with Crippen molar-refractivity contribution in [3.8, 4) is 5.75 Å². The van der Waals surface area contributed by atoms with Gasteiger partial charge in [0.1, 0.15) is 11.9 Å². The van der Waals surface area contributed by atoms with Crippen LogP contribution in [0.3, 0.4) is 0 Å². The summed E-state index contributed by atoms with van der Waals surface area (Å²) in [4.78, 5) is 12.8. The highest BCUT2D eigenvalue weighted by atomic mass is 16.5. The van der Waals surface area contributed by atoms with Crippen LogP contribution in [-0.4, -0.2) is 28.3 Å². The van der Waals surface area contributed by atoms with E-state index in [2.05, 4.69) is 16.5 Å². The van der Waals surface area contributed by atoms with Gasteiger partial charge >= 0.3 is 0 Å². The smallest absolute Gasteiger partial charge is 0.249 e. The zero-order valence-corrected chi connectivity index (χ0v) is 13.7. The Labute approximate surface area is 146 Å². The molecule has 126 valence electrons. The second-order valence-electron chi connectivity index (χ2n) is 6.10. The maximum absolute atomic E-state index is 12.8. The van der Waals surface area contributed by atoms with Crippen LogP contribution in [-0.2, 0) is 11.2 Å². The van der Waals surface area contributed by atoms with Crippen LogP contribution in [0.4, 0.5) is 0 Å². The number of hydrogen-bond acceptors (Lipinski definition) is 3. The van der Waals surface area contributed by atoms with Gasteiger partial charge in [-0.1, -0.05) is 48.5 Å². The minimum atomic E-state index is -0.486. The summed E-state index contributed by atoms with van der Waals surface area (Å²) in [5.41, 5.74) is 2.09. The lowest BCUT2D eigenvalue weighted by Crippen LogP contribution is -2.39. The number of para-hydroxylation sites is 1. The predicted octanol–water partition coefficient (Wildman–Crippen LogP) is 2.59. The summed E-state index contributed by atoms with van der Waals surface area (Å²) < 4.78 is 7.57. The molecular formula is C20H19N3O2. The van der Waals surface area contributed by atoms with Crippen LogP contribution < -0.4 is 10.1 Å². The fraction of sp³-hybridized carbons (Fsp3) is 0.200. The van der Waals surface area contributed by atoms with Crippen LogP contribution in [0.15, 0.2) is 73.1 Å². The van der Waals surface area contributed by atoms with Gasteiger partial charge in [0, 0.05) is 18.8 Å². The van der Waals surface area contributed by atoms with Gasteiger partial charge in [-0.25, -0.2) is 0 Å². The Morgan fingerprint density at radius 3 is 2.72 bits per heavy atom. The first-order valence-electron chi connectivity index (χ1n) is 8.37. The van der Waals surface area contributed by atoms with Crippen molar-refractivity contribution in [3.05, 3.63) is 84.2 Å². The van der Waals surface area contributed by atoms with Crippen molar-refractivity contribution >= 4 is 5.91 Å². The van der Waals surface area contributed by atoms with Gasteiger partial charge in [-0.15, -0.1) is 0 Å². The van der Waals surface area contributed by atoms with Gasteiger partial charge in [-0.3, -0.25) is 9.48 Å². The van der Waals surface area contributed by atoms with Gasteiger partial charge in [0.15, 0.2) is 6.04 Å². The normalized spacial score (nSPS) is 16.7. The predicted molar refractivity (Wildman–Crippen MR) is 94.4 cm³/mol. The average Bonchev–Trinajstić information content (AvgIpc) is 3.30. The van der Waals surface area contributed by atoms with Crippen LogP contribution in [0.25, 0.3) is 0 Å². The van der Waals surface area contributed by atoms with Crippen LogP contribution >= 0.6 is 0 Å². The molecule has 0 saturated carbocycles. The second kappa shape index (κ2) is 6.81. The number of ether oxygens (including phenoxy) is 1. The zero-order chi connectivity index (χ0) is 17.1. The summed E-state index contributed by atoms with van der Waals surface area (Å²) >= 11 is 0. The number of fused-ring (bicyclic) bond motifs is 1. The lowest BCUT2D eigenvalue weighted by Gasteiger charge is -2.19. The zero-order valence-electron chi connectivity index (χ0n) is 13.7. The third-order valence-corrected chi connectivity index (χ3v) is 4.37. The molecule has 0 unspecified atom stereocenters. The Morgan fingerprint density at radius 2 is 1.96 bits per heavy atom. The summed E-state index contributed by atoms with van der Waals surface area (Å²) in [5.74, 6) is 0.822. The molecule has 1 N–H and O–H groups in total. The van der Waals surface area contributed by atoms with E-state index in [1.54, 1.807) is 17.1 Å². The Bertz CT molecular complexity index is 821. The number of rotatable bonds is 5. The van der Waals surface area contributed by atoms with Crippen LogP contribution in [0, 0.1) is 0 Å². The third-order valence-electron chi connectivity index (χ3n) is 4.37. The van der Waals surface area contributed by atoms with E-state index in [9.17, 15) is 4.79 Å². The first-order chi connectivity index (χ1) is 12.3. The first kappa shape index (κ1) is 15.4. The van der Waals surface area contributed by atoms with Crippen molar-refractivity contribution in [2.45, 2.75) is 18.6 Å². The Kier molecular flexibility index (Phi) is 4.21. The number of amides is 1. The minimum absolute atomic E-state index is 0.0320. The quantitative estimate of drug-likeness (QED) is 0.781. The molecule has 1 amide bonds. The molecule has 0 bridgehead atoms. The van der Waals surface area contributed by atoms with Crippen molar-refractivity contribution in [2.24, 2.45) is 0 Å². The highest BCUT2D eigenvalue weighted by Gasteiger charge is 2.26. The van der Waals surface area contributed by atoms with Gasteiger partial charge in [0.05, 0.1) is 6.54 Å². The van der Waals surface area contributed by atoms with E-state index in [1.807, 2.05) is 54.6 Å². The largest absolute Gasteiger partial charge is 0.488 e. The number of hydrogen-bond donors (Lipinski definition) is 1. The number of carbonyl (C=O) groups is 1. The van der Waals surface area contributed by atoms with E-state index in [0.29, 0.717) is 6.54 Å². The lowest BCUT2D eigenvalue weighted by atomic mass is 10.1. The fourth-order valence-electron chi connectivity index (χ4n) is 3.17. The molecular weight excluding hydrogens is 314 g/mol. The number of carbonyl (C=O) groups excluding carboxylic acids is 1. The van der Waals surface area contributed by atoms with Gasteiger partial charge in [0.25, 0.3) is 0 Å². The molecule has 0 spiro atoms. The van der Waals surface area contributed by atoms with Crippen molar-refractivity contribution in [3.63, 3.8) is 0 Å². The maximum atomic E-state index is 12.8. The molecule has 25 heavy (non-hydrogen) atoms. The van der Waals surface area contributed by atoms with Crippen LogP contribution in [0.5, 0.6) is 5.75 Å². The van der Waals surface area contributed by atoms with Gasteiger partial charge < -0.3 is 10.1 Å². The Balaban J connectivity index is 1.45. The molecule has 0 fully saturated rings. The summed E-state index contributed by atoms with van der Waals surface area (Å²) in [6.07, 6.45) is 4.27. The molecule has 0 radical (unpaired) electrons.